The fourth-order valence-electron chi connectivity index (χ4n) is 10.1. The van der Waals surface area contributed by atoms with E-state index < -0.39 is 0 Å². The number of anilines is 3. The summed E-state index contributed by atoms with van der Waals surface area (Å²) >= 11 is 0. The van der Waals surface area contributed by atoms with Gasteiger partial charge in [0.05, 0.1) is 0 Å². The Morgan fingerprint density at radius 2 is 0.797 bits per heavy atom. The van der Waals surface area contributed by atoms with E-state index in [0.29, 0.717) is 0 Å². The molecule has 0 amide bonds. The van der Waals surface area contributed by atoms with E-state index in [2.05, 4.69) is 241 Å². The molecule has 0 saturated carbocycles. The van der Waals surface area contributed by atoms with Crippen molar-refractivity contribution in [3.05, 3.63) is 237 Å². The first-order valence-corrected chi connectivity index (χ1v) is 22.0. The van der Waals surface area contributed by atoms with Gasteiger partial charge in [0.15, 0.2) is 0 Å². The topological polar surface area (TPSA) is 16.4 Å². The first kappa shape index (κ1) is 36.2. The second-order valence-corrected chi connectivity index (χ2v) is 16.9. The van der Waals surface area contributed by atoms with Crippen molar-refractivity contribution in [2.45, 2.75) is 0 Å². The van der Waals surface area contributed by atoms with Crippen LogP contribution in [0.1, 0.15) is 0 Å². The summed E-state index contributed by atoms with van der Waals surface area (Å²) in [6, 6.07) is 86.4. The lowest BCUT2D eigenvalue weighted by Crippen LogP contribution is -2.10. The predicted octanol–water partition coefficient (Wildman–Crippen LogP) is 17.8. The van der Waals surface area contributed by atoms with Crippen molar-refractivity contribution < 1.29 is 4.42 Å². The van der Waals surface area contributed by atoms with Gasteiger partial charge in [0.25, 0.3) is 0 Å². The van der Waals surface area contributed by atoms with Gasteiger partial charge < -0.3 is 9.32 Å². The summed E-state index contributed by atoms with van der Waals surface area (Å²) in [5.74, 6) is 0. The highest BCUT2D eigenvalue weighted by atomic mass is 16.3. The predicted molar refractivity (Wildman–Crippen MR) is 272 cm³/mol. The third-order valence-electron chi connectivity index (χ3n) is 13.1. The molecule has 0 bridgehead atoms. The lowest BCUT2D eigenvalue weighted by molar-refractivity contribution is 0.669. The molecule has 12 aromatic carbocycles. The average Bonchev–Trinajstić information content (AvgIpc) is 3.72. The molecule has 298 valence electrons. The minimum absolute atomic E-state index is 0.868. The molecule has 13 rings (SSSR count). The van der Waals surface area contributed by atoms with Gasteiger partial charge in [-0.25, -0.2) is 0 Å². The number of nitrogens with zero attached hydrogens (tertiary/aromatic N) is 1. The molecule has 0 unspecified atom stereocenters. The van der Waals surface area contributed by atoms with Crippen LogP contribution < -0.4 is 4.90 Å². The standard InChI is InChI=1S/C62H39NO/c1-2-15-41(16-3-1)56-37-48(28-30-53(56)47-27-26-40-14-4-5-17-42(40)32-47)63(49-29-31-61-60(38-49)59-34-43-18-6-7-19-44(43)36-62(59)64-61)50-33-45-20-8-11-23-52(45)58(39-50)57-35-46-21-9-10-22-51(46)54-24-12-13-25-55(54)57/h1-39H. The number of hydrogen-bond acceptors (Lipinski definition) is 2. The van der Waals surface area contributed by atoms with Gasteiger partial charge in [0.2, 0.25) is 0 Å². The van der Waals surface area contributed by atoms with Crippen LogP contribution in [-0.2, 0) is 0 Å². The molecule has 2 nitrogen and oxygen atoms in total. The number of hydrogen-bond donors (Lipinski definition) is 0. The zero-order chi connectivity index (χ0) is 42.1. The van der Waals surface area contributed by atoms with Crippen molar-refractivity contribution in [1.29, 1.82) is 0 Å². The zero-order valence-electron chi connectivity index (χ0n) is 34.9. The van der Waals surface area contributed by atoms with Crippen LogP contribution in [0.5, 0.6) is 0 Å². The quantitative estimate of drug-likeness (QED) is 0.156. The van der Waals surface area contributed by atoms with Crippen LogP contribution in [0.25, 0.3) is 109 Å². The number of benzene rings is 12. The molecule has 0 atom stereocenters. The monoisotopic (exact) mass is 813 g/mol. The normalized spacial score (nSPS) is 11.8. The van der Waals surface area contributed by atoms with Crippen LogP contribution in [0.15, 0.2) is 241 Å². The maximum absolute atomic E-state index is 6.57. The molecule has 0 aliphatic heterocycles. The molecule has 0 aliphatic rings. The summed E-state index contributed by atoms with van der Waals surface area (Å²) in [6.45, 7) is 0. The van der Waals surface area contributed by atoms with E-state index in [4.69, 9.17) is 4.42 Å². The Morgan fingerprint density at radius 1 is 0.234 bits per heavy atom. The summed E-state index contributed by atoms with van der Waals surface area (Å²) in [5.41, 5.74) is 12.0. The van der Waals surface area contributed by atoms with Crippen LogP contribution in [-0.4, -0.2) is 0 Å². The number of furan rings is 1. The molecule has 2 heteroatoms. The summed E-state index contributed by atoms with van der Waals surface area (Å²) in [5, 5.41) is 14.4. The summed E-state index contributed by atoms with van der Waals surface area (Å²) in [7, 11) is 0. The minimum atomic E-state index is 0.868. The Morgan fingerprint density at radius 3 is 1.59 bits per heavy atom. The highest BCUT2D eigenvalue weighted by Crippen LogP contribution is 2.47. The van der Waals surface area contributed by atoms with Gasteiger partial charge in [0, 0.05) is 27.8 Å². The van der Waals surface area contributed by atoms with Gasteiger partial charge in [-0.15, -0.1) is 0 Å². The van der Waals surface area contributed by atoms with Gasteiger partial charge >= 0.3 is 0 Å². The smallest absolute Gasteiger partial charge is 0.136 e. The Hall–Kier alpha value is -8.46. The number of rotatable bonds is 6. The van der Waals surface area contributed by atoms with Gasteiger partial charge in [-0.2, -0.15) is 0 Å². The second-order valence-electron chi connectivity index (χ2n) is 16.9. The Bertz CT molecular complexity index is 3970. The lowest BCUT2D eigenvalue weighted by Gasteiger charge is -2.28. The Kier molecular flexibility index (Phi) is 8.25. The average molecular weight is 814 g/mol. The van der Waals surface area contributed by atoms with Crippen LogP contribution in [0, 0.1) is 0 Å². The lowest BCUT2D eigenvalue weighted by atomic mass is 9.90. The maximum atomic E-state index is 6.57. The van der Waals surface area contributed by atoms with Crippen LogP contribution in [0.3, 0.4) is 0 Å². The molecular weight excluding hydrogens is 775 g/mol. The third-order valence-corrected chi connectivity index (χ3v) is 13.1. The summed E-state index contributed by atoms with van der Waals surface area (Å²) < 4.78 is 6.57. The maximum Gasteiger partial charge on any atom is 0.136 e. The molecule has 13 aromatic rings. The molecule has 0 saturated heterocycles. The Balaban J connectivity index is 1.09. The third kappa shape index (κ3) is 5.95. The molecular formula is C62H39NO. The van der Waals surface area contributed by atoms with E-state index in [1.54, 1.807) is 0 Å². The van der Waals surface area contributed by atoms with E-state index in [0.717, 1.165) is 44.6 Å². The highest BCUT2D eigenvalue weighted by molar-refractivity contribution is 6.17. The van der Waals surface area contributed by atoms with Gasteiger partial charge in [0.1, 0.15) is 11.2 Å². The SMILES string of the molecule is c1ccc(-c2cc(N(c3cc(-c4cc5ccccc5c5ccccc45)c4ccccc4c3)c3ccc4oc5cc6ccccc6cc5c4c3)ccc2-c2ccc3ccccc3c2)cc1. The zero-order valence-corrected chi connectivity index (χ0v) is 34.9. The fourth-order valence-corrected chi connectivity index (χ4v) is 10.1. The molecule has 1 heterocycles. The molecule has 0 fully saturated rings. The van der Waals surface area contributed by atoms with Crippen LogP contribution in [0.4, 0.5) is 17.1 Å². The fraction of sp³-hybridized carbons (Fsp3) is 0. The molecule has 1 aromatic heterocycles. The van der Waals surface area contributed by atoms with Crippen molar-refractivity contribution in [1.82, 2.24) is 0 Å². The van der Waals surface area contributed by atoms with E-state index in [1.807, 2.05) is 0 Å². The van der Waals surface area contributed by atoms with Crippen LogP contribution in [0.2, 0.25) is 0 Å². The van der Waals surface area contributed by atoms with Crippen molar-refractivity contribution in [2.24, 2.45) is 0 Å². The van der Waals surface area contributed by atoms with E-state index in [1.165, 1.54) is 81.7 Å². The molecule has 0 radical (unpaired) electrons. The van der Waals surface area contributed by atoms with Gasteiger partial charge in [-0.1, -0.05) is 170 Å². The summed E-state index contributed by atoms with van der Waals surface area (Å²) in [4.78, 5) is 2.44. The largest absolute Gasteiger partial charge is 0.456 e. The van der Waals surface area contributed by atoms with Crippen molar-refractivity contribution in [3.8, 4) is 33.4 Å². The van der Waals surface area contributed by atoms with Gasteiger partial charge in [-0.05, 0) is 154 Å². The van der Waals surface area contributed by atoms with Crippen molar-refractivity contribution in [2.75, 3.05) is 4.90 Å². The van der Waals surface area contributed by atoms with E-state index >= 15 is 0 Å². The van der Waals surface area contributed by atoms with Crippen molar-refractivity contribution in [3.63, 3.8) is 0 Å². The number of fused-ring (bicyclic) bond motifs is 9. The minimum Gasteiger partial charge on any atom is -0.456 e. The molecule has 0 aliphatic carbocycles. The first-order chi connectivity index (χ1) is 31.7. The van der Waals surface area contributed by atoms with E-state index in [9.17, 15) is 0 Å². The molecule has 64 heavy (non-hydrogen) atoms. The Labute approximate surface area is 370 Å². The summed E-state index contributed by atoms with van der Waals surface area (Å²) in [6.07, 6.45) is 0. The molecule has 0 spiro atoms. The first-order valence-electron chi connectivity index (χ1n) is 22.0. The highest BCUT2D eigenvalue weighted by Gasteiger charge is 2.21. The van der Waals surface area contributed by atoms with Crippen LogP contribution >= 0.6 is 0 Å². The van der Waals surface area contributed by atoms with Gasteiger partial charge in [-0.3, -0.25) is 0 Å². The molecule has 0 N–H and O–H groups in total. The second kappa shape index (κ2) is 14.6. The van der Waals surface area contributed by atoms with Crippen molar-refractivity contribution >= 4 is 92.9 Å². The van der Waals surface area contributed by atoms with E-state index in [-0.39, 0.29) is 0 Å².